The lowest BCUT2D eigenvalue weighted by atomic mass is 10.0. The molecule has 0 aromatic heterocycles. The summed E-state index contributed by atoms with van der Waals surface area (Å²) in [5, 5.41) is 23.4. The van der Waals surface area contributed by atoms with Gasteiger partial charge in [-0.2, -0.15) is 8.42 Å². The van der Waals surface area contributed by atoms with E-state index >= 15 is 0 Å². The Morgan fingerprint density at radius 2 is 1.02 bits per heavy atom. The molecule has 0 saturated carbocycles. The third kappa shape index (κ3) is 29.3. The number of carbonyl (C=O) groups excluding carboxylic acids is 1. The van der Waals surface area contributed by atoms with Crippen molar-refractivity contribution in [1.82, 2.24) is 5.32 Å². The number of aliphatic hydroxyl groups is 2. The molecule has 4 N–H and O–H groups in total. The molecular weight excluding hydrogens is 562 g/mol. The Labute approximate surface area is 265 Å². The van der Waals surface area contributed by atoms with E-state index in [-0.39, 0.29) is 6.42 Å². The lowest BCUT2D eigenvalue weighted by Gasteiger charge is -2.24. The van der Waals surface area contributed by atoms with Crippen LogP contribution in [-0.2, 0) is 14.9 Å². The lowest BCUT2D eigenvalue weighted by molar-refractivity contribution is -0.131. The molecule has 0 radical (unpaired) electrons. The van der Waals surface area contributed by atoms with Crippen molar-refractivity contribution in [3.63, 3.8) is 0 Å². The zero-order valence-corrected chi connectivity index (χ0v) is 28.5. The molecule has 0 aromatic carbocycles. The number of hydrogen-bond acceptors (Lipinski definition) is 5. The number of nitrogens with one attached hydrogen (secondary N) is 1. The fraction of sp³-hybridized carbons (Fsp3) is 0.857. The van der Waals surface area contributed by atoms with E-state index in [4.69, 9.17) is 0 Å². The van der Waals surface area contributed by atoms with Crippen molar-refractivity contribution in [3.8, 4) is 0 Å². The van der Waals surface area contributed by atoms with Crippen molar-refractivity contribution in [3.05, 3.63) is 24.3 Å². The summed E-state index contributed by atoms with van der Waals surface area (Å²) in [5.41, 5.74) is 0. The van der Waals surface area contributed by atoms with Crippen molar-refractivity contribution < 1.29 is 28.0 Å². The maximum Gasteiger partial charge on any atom is 0.266 e. The number of allylic oxidation sites excluding steroid dienone is 4. The molecular formula is C35H67NO6S. The number of aliphatic hydroxyl groups excluding tert-OH is 2. The van der Waals surface area contributed by atoms with Gasteiger partial charge in [0.05, 0.1) is 17.9 Å². The van der Waals surface area contributed by atoms with Crippen LogP contribution in [0.5, 0.6) is 0 Å². The fourth-order valence-electron chi connectivity index (χ4n) is 5.27. The second-order valence-corrected chi connectivity index (χ2v) is 13.8. The molecule has 254 valence electrons. The molecule has 0 saturated heterocycles. The van der Waals surface area contributed by atoms with Crippen LogP contribution in [0.4, 0.5) is 0 Å². The van der Waals surface area contributed by atoms with Crippen molar-refractivity contribution >= 4 is 16.0 Å². The number of hydrogen-bond donors (Lipinski definition) is 4. The predicted octanol–water partition coefficient (Wildman–Crippen LogP) is 8.60. The molecule has 7 nitrogen and oxygen atoms in total. The number of unbranched alkanes of at least 4 members (excludes halogenated alkanes) is 19. The molecule has 0 aliphatic rings. The SMILES string of the molecule is CCCCC/C=C\C=C/CCCCCCCC(O)C(=O)NC(CS(=O)(=O)O)C(O)CCCCCCCCCCCCCC. The normalized spacial score (nSPS) is 14.4. The van der Waals surface area contributed by atoms with Crippen LogP contribution in [0.25, 0.3) is 0 Å². The van der Waals surface area contributed by atoms with Gasteiger partial charge in [0.2, 0.25) is 5.91 Å². The van der Waals surface area contributed by atoms with E-state index in [9.17, 15) is 28.0 Å². The van der Waals surface area contributed by atoms with Crippen LogP contribution in [0.3, 0.4) is 0 Å². The molecule has 0 aliphatic carbocycles. The van der Waals surface area contributed by atoms with Crippen molar-refractivity contribution in [2.24, 2.45) is 0 Å². The standard InChI is InChI=1S/C35H67NO6S/c1-3-5-7-9-11-13-15-17-18-20-22-24-26-28-30-34(38)35(39)36-32(31-43(40,41)42)33(37)29-27-25-23-21-19-16-14-12-10-8-6-4-2/h11,13,15,17,32-34,37-38H,3-10,12,14,16,18-31H2,1-2H3,(H,36,39)(H,40,41,42)/b13-11-,17-15-. The maximum absolute atomic E-state index is 12.5. The molecule has 0 heterocycles. The van der Waals surface area contributed by atoms with E-state index in [1.807, 2.05) is 0 Å². The van der Waals surface area contributed by atoms with E-state index in [1.54, 1.807) is 0 Å². The van der Waals surface area contributed by atoms with Crippen LogP contribution in [0.1, 0.15) is 168 Å². The highest BCUT2D eigenvalue weighted by molar-refractivity contribution is 7.85. The monoisotopic (exact) mass is 629 g/mol. The highest BCUT2D eigenvalue weighted by Gasteiger charge is 2.28. The third-order valence-corrected chi connectivity index (χ3v) is 8.82. The second kappa shape index (κ2) is 29.5. The number of rotatable bonds is 31. The van der Waals surface area contributed by atoms with Crippen molar-refractivity contribution in [2.45, 2.75) is 186 Å². The van der Waals surface area contributed by atoms with Crippen molar-refractivity contribution in [1.29, 1.82) is 0 Å². The molecule has 8 heteroatoms. The van der Waals surface area contributed by atoms with Crippen LogP contribution in [-0.4, -0.2) is 53.1 Å². The second-order valence-electron chi connectivity index (χ2n) is 12.3. The molecule has 0 aromatic rings. The Hall–Kier alpha value is -1.22. The van der Waals surface area contributed by atoms with Gasteiger partial charge in [0.1, 0.15) is 6.10 Å². The van der Waals surface area contributed by atoms with Gasteiger partial charge < -0.3 is 15.5 Å². The van der Waals surface area contributed by atoms with E-state index < -0.39 is 40.0 Å². The average molecular weight is 630 g/mol. The first-order chi connectivity index (χ1) is 20.7. The van der Waals surface area contributed by atoms with Crippen LogP contribution >= 0.6 is 0 Å². The number of carbonyl (C=O) groups is 1. The van der Waals surface area contributed by atoms with Gasteiger partial charge in [0.15, 0.2) is 0 Å². The Balaban J connectivity index is 4.12. The number of amides is 1. The van der Waals surface area contributed by atoms with Gasteiger partial charge in [0, 0.05) is 0 Å². The molecule has 0 rings (SSSR count). The minimum Gasteiger partial charge on any atom is -0.391 e. The molecule has 3 unspecified atom stereocenters. The summed E-state index contributed by atoms with van der Waals surface area (Å²) in [5.74, 6) is -1.47. The molecule has 43 heavy (non-hydrogen) atoms. The molecule has 0 fully saturated rings. The smallest absolute Gasteiger partial charge is 0.266 e. The summed E-state index contributed by atoms with van der Waals surface area (Å²) in [4.78, 5) is 12.5. The maximum atomic E-state index is 12.5. The van der Waals surface area contributed by atoms with Gasteiger partial charge in [-0.1, -0.05) is 154 Å². The van der Waals surface area contributed by atoms with Gasteiger partial charge in [-0.25, -0.2) is 0 Å². The predicted molar refractivity (Wildman–Crippen MR) is 181 cm³/mol. The topological polar surface area (TPSA) is 124 Å². The first-order valence-electron chi connectivity index (χ1n) is 17.6. The zero-order valence-electron chi connectivity index (χ0n) is 27.7. The van der Waals surface area contributed by atoms with Crippen molar-refractivity contribution in [2.75, 3.05) is 5.75 Å². The Morgan fingerprint density at radius 3 is 1.51 bits per heavy atom. The van der Waals surface area contributed by atoms with Gasteiger partial charge in [-0.3, -0.25) is 9.35 Å². The van der Waals surface area contributed by atoms with Crippen LogP contribution in [0.2, 0.25) is 0 Å². The molecule has 0 spiro atoms. The third-order valence-electron chi connectivity index (χ3n) is 8.04. The summed E-state index contributed by atoms with van der Waals surface area (Å²) in [6.45, 7) is 4.44. The van der Waals surface area contributed by atoms with E-state index in [1.165, 1.54) is 70.6 Å². The minimum atomic E-state index is -4.40. The zero-order chi connectivity index (χ0) is 32.0. The first kappa shape index (κ1) is 41.8. The van der Waals surface area contributed by atoms with E-state index in [0.717, 1.165) is 57.8 Å². The average Bonchev–Trinajstić information content (AvgIpc) is 2.96. The first-order valence-corrected chi connectivity index (χ1v) is 19.3. The summed E-state index contributed by atoms with van der Waals surface area (Å²) in [6, 6.07) is -1.15. The van der Waals surface area contributed by atoms with Gasteiger partial charge >= 0.3 is 0 Å². The Bertz CT molecular complexity index is 798. The quantitative estimate of drug-likeness (QED) is 0.0346. The Kier molecular flexibility index (Phi) is 28.7. The highest BCUT2D eigenvalue weighted by atomic mass is 32.2. The Morgan fingerprint density at radius 1 is 0.628 bits per heavy atom. The van der Waals surface area contributed by atoms with Gasteiger partial charge in [0.25, 0.3) is 10.1 Å². The van der Waals surface area contributed by atoms with Gasteiger partial charge in [-0.15, -0.1) is 0 Å². The molecule has 0 bridgehead atoms. The largest absolute Gasteiger partial charge is 0.391 e. The molecule has 0 aliphatic heterocycles. The fourth-order valence-corrected chi connectivity index (χ4v) is 6.03. The molecule has 3 atom stereocenters. The van der Waals surface area contributed by atoms with Crippen LogP contribution in [0, 0.1) is 0 Å². The lowest BCUT2D eigenvalue weighted by Crippen LogP contribution is -2.50. The summed E-state index contributed by atoms with van der Waals surface area (Å²) < 4.78 is 32.4. The minimum absolute atomic E-state index is 0.280. The summed E-state index contributed by atoms with van der Waals surface area (Å²) in [7, 11) is -4.40. The van der Waals surface area contributed by atoms with Gasteiger partial charge in [-0.05, 0) is 38.5 Å². The van der Waals surface area contributed by atoms with E-state index in [0.29, 0.717) is 19.3 Å². The summed E-state index contributed by atoms with van der Waals surface area (Å²) in [6.07, 6.45) is 31.9. The molecule has 1 amide bonds. The van der Waals surface area contributed by atoms with E-state index in [2.05, 4.69) is 43.5 Å². The van der Waals surface area contributed by atoms with Crippen LogP contribution < -0.4 is 5.32 Å². The summed E-state index contributed by atoms with van der Waals surface area (Å²) >= 11 is 0. The highest BCUT2D eigenvalue weighted by Crippen LogP contribution is 2.15. The van der Waals surface area contributed by atoms with Crippen LogP contribution in [0.15, 0.2) is 24.3 Å².